The molecule has 0 atom stereocenters. The number of carboxylic acid groups (broad SMARTS) is 1. The summed E-state index contributed by atoms with van der Waals surface area (Å²) < 4.78 is 5.62. The van der Waals surface area contributed by atoms with Gasteiger partial charge in [-0.3, -0.25) is 0 Å². The molecule has 0 unspecified atom stereocenters. The minimum atomic E-state index is -1.01. The molecule has 0 amide bonds. The molecule has 106 valence electrons. The third-order valence-corrected chi connectivity index (χ3v) is 3.35. The lowest BCUT2D eigenvalue weighted by molar-refractivity contribution is -0.131. The fourth-order valence-corrected chi connectivity index (χ4v) is 2.35. The number of hydrogen-bond acceptors (Lipinski definition) is 4. The Labute approximate surface area is 121 Å². The summed E-state index contributed by atoms with van der Waals surface area (Å²) in [5.74, 6) is -0.280. The van der Waals surface area contributed by atoms with Crippen molar-refractivity contribution < 1.29 is 14.6 Å². The summed E-state index contributed by atoms with van der Waals surface area (Å²) in [6.45, 7) is 0. The van der Waals surface area contributed by atoms with Crippen LogP contribution in [0.15, 0.2) is 36.7 Å². The van der Waals surface area contributed by atoms with E-state index in [1.165, 1.54) is 36.0 Å². The second-order valence-electron chi connectivity index (χ2n) is 4.86. The van der Waals surface area contributed by atoms with Gasteiger partial charge in [-0.25, -0.2) is 14.8 Å². The smallest absolute Gasteiger partial charge is 0.328 e. The molecule has 0 aliphatic heterocycles. The van der Waals surface area contributed by atoms with E-state index < -0.39 is 5.97 Å². The van der Waals surface area contributed by atoms with Gasteiger partial charge in [0.15, 0.2) is 0 Å². The molecule has 1 aromatic carbocycles. The first-order valence-electron chi connectivity index (χ1n) is 6.73. The number of nitrogens with zero attached hydrogens (tertiary/aromatic N) is 2. The predicted octanol–water partition coefficient (Wildman–Crippen LogP) is 2.86. The Balaban J connectivity index is 1.72. The van der Waals surface area contributed by atoms with Crippen LogP contribution < -0.4 is 4.74 Å². The Morgan fingerprint density at radius 3 is 2.71 bits per heavy atom. The number of carbonyl (C=O) groups is 1. The molecule has 0 fully saturated rings. The van der Waals surface area contributed by atoms with Gasteiger partial charge in [0, 0.05) is 24.0 Å². The van der Waals surface area contributed by atoms with Gasteiger partial charge in [-0.05, 0) is 48.6 Å². The van der Waals surface area contributed by atoms with Crippen molar-refractivity contribution in [2.24, 2.45) is 0 Å². The van der Waals surface area contributed by atoms with Crippen molar-refractivity contribution in [3.05, 3.63) is 53.4 Å². The summed E-state index contributed by atoms with van der Waals surface area (Å²) >= 11 is 0. The van der Waals surface area contributed by atoms with Crippen LogP contribution in [0, 0.1) is 0 Å². The number of ether oxygens (including phenoxy) is 1. The number of benzene rings is 1. The first-order valence-corrected chi connectivity index (χ1v) is 6.73. The molecule has 0 radical (unpaired) electrons. The fourth-order valence-electron chi connectivity index (χ4n) is 2.35. The fraction of sp³-hybridized carbons (Fsp3) is 0.188. The zero-order chi connectivity index (χ0) is 14.7. The highest BCUT2D eigenvalue weighted by atomic mass is 16.5. The number of fused-ring (bicyclic) bond motifs is 1. The minimum absolute atomic E-state index is 0.250. The lowest BCUT2D eigenvalue weighted by Crippen LogP contribution is -1.93. The van der Waals surface area contributed by atoms with Gasteiger partial charge in [0.25, 0.3) is 0 Å². The molecule has 3 rings (SSSR count). The monoisotopic (exact) mass is 282 g/mol. The summed E-state index contributed by atoms with van der Waals surface area (Å²) in [5.41, 5.74) is 3.32. The van der Waals surface area contributed by atoms with Gasteiger partial charge in [-0.2, -0.15) is 0 Å². The van der Waals surface area contributed by atoms with Crippen molar-refractivity contribution in [2.75, 3.05) is 0 Å². The Bertz CT molecular complexity index is 693. The zero-order valence-electron chi connectivity index (χ0n) is 11.3. The number of aliphatic carboxylic acids is 1. The molecule has 5 heteroatoms. The highest BCUT2D eigenvalue weighted by Gasteiger charge is 2.11. The second-order valence-corrected chi connectivity index (χ2v) is 4.86. The summed E-state index contributed by atoms with van der Waals surface area (Å²) in [7, 11) is 0. The second kappa shape index (κ2) is 5.75. The van der Waals surface area contributed by atoms with Crippen LogP contribution in [0.2, 0.25) is 0 Å². The van der Waals surface area contributed by atoms with Crippen LogP contribution >= 0.6 is 0 Å². The molecule has 1 N–H and O–H groups in total. The van der Waals surface area contributed by atoms with Gasteiger partial charge in [0.2, 0.25) is 0 Å². The number of aromatic nitrogens is 2. The quantitative estimate of drug-likeness (QED) is 0.873. The van der Waals surface area contributed by atoms with E-state index in [1.54, 1.807) is 0 Å². The SMILES string of the molecule is O=C(O)/C=C/c1cnc(Oc2ccc3c(c2)CCC3)nc1. The largest absolute Gasteiger partial charge is 0.478 e. The normalized spacial score (nSPS) is 13.3. The minimum Gasteiger partial charge on any atom is -0.478 e. The number of carboxylic acids is 1. The molecule has 1 heterocycles. The van der Waals surface area contributed by atoms with E-state index in [2.05, 4.69) is 16.0 Å². The van der Waals surface area contributed by atoms with Crippen LogP contribution in [0.5, 0.6) is 11.8 Å². The van der Waals surface area contributed by atoms with Crippen molar-refractivity contribution in [3.63, 3.8) is 0 Å². The number of aryl methyl sites for hydroxylation is 2. The van der Waals surface area contributed by atoms with Crippen molar-refractivity contribution in [1.82, 2.24) is 9.97 Å². The molecule has 0 bridgehead atoms. The van der Waals surface area contributed by atoms with Crippen LogP contribution in [0.3, 0.4) is 0 Å². The summed E-state index contributed by atoms with van der Waals surface area (Å²) in [6, 6.07) is 6.29. The Morgan fingerprint density at radius 1 is 1.19 bits per heavy atom. The highest BCUT2D eigenvalue weighted by molar-refractivity contribution is 5.85. The van der Waals surface area contributed by atoms with E-state index >= 15 is 0 Å². The van der Waals surface area contributed by atoms with Crippen LogP contribution in [0.25, 0.3) is 6.08 Å². The van der Waals surface area contributed by atoms with Gasteiger partial charge in [0.05, 0.1) is 0 Å². The van der Waals surface area contributed by atoms with E-state index in [0.717, 1.165) is 24.7 Å². The Hall–Kier alpha value is -2.69. The third kappa shape index (κ3) is 3.25. The van der Waals surface area contributed by atoms with Crippen molar-refractivity contribution in [2.45, 2.75) is 19.3 Å². The van der Waals surface area contributed by atoms with Crippen molar-refractivity contribution in [3.8, 4) is 11.8 Å². The highest BCUT2D eigenvalue weighted by Crippen LogP contribution is 2.27. The molecule has 0 saturated carbocycles. The first-order chi connectivity index (χ1) is 10.2. The molecule has 2 aromatic rings. The molecular formula is C16H14N2O3. The third-order valence-electron chi connectivity index (χ3n) is 3.35. The molecular weight excluding hydrogens is 268 g/mol. The molecule has 0 saturated heterocycles. The summed E-state index contributed by atoms with van der Waals surface area (Å²) in [5, 5.41) is 8.55. The van der Waals surface area contributed by atoms with Crippen LogP contribution in [0.4, 0.5) is 0 Å². The molecule has 1 aliphatic rings. The van der Waals surface area contributed by atoms with Gasteiger partial charge >= 0.3 is 12.0 Å². The van der Waals surface area contributed by atoms with Crippen molar-refractivity contribution in [1.29, 1.82) is 0 Å². The van der Waals surface area contributed by atoms with E-state index in [9.17, 15) is 4.79 Å². The van der Waals surface area contributed by atoms with Crippen LogP contribution in [-0.4, -0.2) is 21.0 Å². The van der Waals surface area contributed by atoms with E-state index in [0.29, 0.717) is 5.56 Å². The molecule has 0 spiro atoms. The predicted molar refractivity (Wildman–Crippen MR) is 77.2 cm³/mol. The van der Waals surface area contributed by atoms with Gasteiger partial charge in [-0.1, -0.05) is 6.07 Å². The first kappa shape index (κ1) is 13.3. The Morgan fingerprint density at radius 2 is 1.95 bits per heavy atom. The number of hydrogen-bond donors (Lipinski definition) is 1. The maximum Gasteiger partial charge on any atom is 0.328 e. The molecule has 1 aliphatic carbocycles. The number of rotatable bonds is 4. The van der Waals surface area contributed by atoms with E-state index in [-0.39, 0.29) is 6.01 Å². The standard InChI is InChI=1S/C16H14N2O3/c19-15(20)7-4-11-9-17-16(18-10-11)21-14-6-5-12-2-1-3-13(12)8-14/h4-10H,1-3H2,(H,19,20)/b7-4+. The van der Waals surface area contributed by atoms with E-state index in [1.807, 2.05) is 12.1 Å². The zero-order valence-corrected chi connectivity index (χ0v) is 11.3. The summed E-state index contributed by atoms with van der Waals surface area (Å²) in [4.78, 5) is 18.6. The maximum atomic E-state index is 10.4. The topological polar surface area (TPSA) is 72.3 Å². The average Bonchev–Trinajstić information content (AvgIpc) is 2.94. The van der Waals surface area contributed by atoms with Gasteiger partial charge < -0.3 is 9.84 Å². The lowest BCUT2D eigenvalue weighted by Gasteiger charge is -2.06. The van der Waals surface area contributed by atoms with E-state index in [4.69, 9.17) is 9.84 Å². The lowest BCUT2D eigenvalue weighted by atomic mass is 10.1. The van der Waals surface area contributed by atoms with Crippen LogP contribution in [-0.2, 0) is 17.6 Å². The van der Waals surface area contributed by atoms with Gasteiger partial charge in [-0.15, -0.1) is 0 Å². The molecule has 21 heavy (non-hydrogen) atoms. The summed E-state index contributed by atoms with van der Waals surface area (Å²) in [6.07, 6.45) is 8.94. The average molecular weight is 282 g/mol. The van der Waals surface area contributed by atoms with Gasteiger partial charge in [0.1, 0.15) is 5.75 Å². The Kier molecular flexibility index (Phi) is 3.64. The molecule has 5 nitrogen and oxygen atoms in total. The molecule has 1 aromatic heterocycles. The van der Waals surface area contributed by atoms with Crippen LogP contribution in [0.1, 0.15) is 23.1 Å². The van der Waals surface area contributed by atoms with Crippen molar-refractivity contribution >= 4 is 12.0 Å². The maximum absolute atomic E-state index is 10.4.